The summed E-state index contributed by atoms with van der Waals surface area (Å²) in [6.07, 6.45) is 0.484. The predicted octanol–water partition coefficient (Wildman–Crippen LogP) is 1.71. The number of hydrogen-bond donors (Lipinski definition) is 2. The van der Waals surface area contributed by atoms with Gasteiger partial charge in [0.15, 0.2) is 11.5 Å². The van der Waals surface area contributed by atoms with Gasteiger partial charge >= 0.3 is 0 Å². The van der Waals surface area contributed by atoms with Gasteiger partial charge in [-0.25, -0.2) is 0 Å². The highest BCUT2D eigenvalue weighted by molar-refractivity contribution is 5.43. The first-order valence-electron chi connectivity index (χ1n) is 6.45. The topological polar surface area (TPSA) is 50.7 Å². The minimum atomic E-state index is -0.271. The predicted molar refractivity (Wildman–Crippen MR) is 70.0 cm³/mol. The fourth-order valence-corrected chi connectivity index (χ4v) is 2.08. The van der Waals surface area contributed by atoms with Crippen LogP contribution in [0.5, 0.6) is 11.5 Å². The lowest BCUT2D eigenvalue weighted by molar-refractivity contribution is 0.169. The number of aliphatic hydroxyl groups is 1. The van der Waals surface area contributed by atoms with Gasteiger partial charge in [-0.15, -0.1) is 0 Å². The van der Waals surface area contributed by atoms with E-state index in [-0.39, 0.29) is 6.10 Å². The Morgan fingerprint density at radius 2 is 1.94 bits per heavy atom. The van der Waals surface area contributed by atoms with Crippen molar-refractivity contribution < 1.29 is 14.6 Å². The van der Waals surface area contributed by atoms with E-state index in [9.17, 15) is 5.11 Å². The largest absolute Gasteiger partial charge is 0.486 e. The third-order valence-corrected chi connectivity index (χ3v) is 2.96. The fourth-order valence-electron chi connectivity index (χ4n) is 2.08. The molecule has 0 aliphatic carbocycles. The SMILES string of the molecule is CC(O)CC(C)NCc1ccc2c(c1)OCCO2. The summed E-state index contributed by atoms with van der Waals surface area (Å²) < 4.78 is 11.0. The highest BCUT2D eigenvalue weighted by Crippen LogP contribution is 2.30. The van der Waals surface area contributed by atoms with E-state index in [2.05, 4.69) is 12.2 Å². The molecule has 2 N–H and O–H groups in total. The van der Waals surface area contributed by atoms with Crippen molar-refractivity contribution in [2.75, 3.05) is 13.2 Å². The quantitative estimate of drug-likeness (QED) is 0.836. The monoisotopic (exact) mass is 251 g/mol. The van der Waals surface area contributed by atoms with Crippen LogP contribution in [0.25, 0.3) is 0 Å². The summed E-state index contributed by atoms with van der Waals surface area (Å²) in [6, 6.07) is 6.29. The first-order valence-corrected chi connectivity index (χ1v) is 6.45. The molecule has 100 valence electrons. The molecule has 1 heterocycles. The molecule has 0 spiro atoms. The molecule has 4 nitrogen and oxygen atoms in total. The van der Waals surface area contributed by atoms with Gasteiger partial charge in [-0.1, -0.05) is 6.07 Å². The summed E-state index contributed by atoms with van der Waals surface area (Å²) in [5.74, 6) is 1.64. The standard InChI is InChI=1S/C14H21NO3/c1-10(7-11(2)16)15-9-12-3-4-13-14(8-12)18-6-5-17-13/h3-4,8,10-11,15-16H,5-7,9H2,1-2H3. The lowest BCUT2D eigenvalue weighted by atomic mass is 10.1. The van der Waals surface area contributed by atoms with E-state index in [0.717, 1.165) is 30.0 Å². The molecule has 4 heteroatoms. The van der Waals surface area contributed by atoms with E-state index in [4.69, 9.17) is 9.47 Å². The minimum absolute atomic E-state index is 0.271. The lowest BCUT2D eigenvalue weighted by Gasteiger charge is -2.20. The summed E-state index contributed by atoms with van der Waals surface area (Å²) in [7, 11) is 0. The molecule has 0 aromatic heterocycles. The van der Waals surface area contributed by atoms with E-state index in [0.29, 0.717) is 19.3 Å². The zero-order chi connectivity index (χ0) is 13.0. The van der Waals surface area contributed by atoms with Gasteiger partial charge in [-0.3, -0.25) is 0 Å². The molecule has 2 unspecified atom stereocenters. The number of benzene rings is 1. The van der Waals surface area contributed by atoms with Crippen molar-refractivity contribution in [2.24, 2.45) is 0 Å². The maximum absolute atomic E-state index is 9.30. The molecule has 18 heavy (non-hydrogen) atoms. The Bertz CT molecular complexity index is 393. The highest BCUT2D eigenvalue weighted by Gasteiger charge is 2.12. The van der Waals surface area contributed by atoms with Gasteiger partial charge in [-0.05, 0) is 38.0 Å². The van der Waals surface area contributed by atoms with E-state index in [1.54, 1.807) is 0 Å². The van der Waals surface area contributed by atoms with Crippen LogP contribution >= 0.6 is 0 Å². The molecule has 0 saturated heterocycles. The van der Waals surface area contributed by atoms with Crippen molar-refractivity contribution in [3.05, 3.63) is 23.8 Å². The van der Waals surface area contributed by atoms with Gasteiger partial charge in [0.1, 0.15) is 13.2 Å². The molecule has 1 aromatic carbocycles. The van der Waals surface area contributed by atoms with Gasteiger partial charge in [0.2, 0.25) is 0 Å². The van der Waals surface area contributed by atoms with E-state index in [1.165, 1.54) is 0 Å². The Morgan fingerprint density at radius 1 is 1.22 bits per heavy atom. The molecular weight excluding hydrogens is 230 g/mol. The van der Waals surface area contributed by atoms with Gasteiger partial charge in [0, 0.05) is 12.6 Å². The Hall–Kier alpha value is -1.26. The third kappa shape index (κ3) is 3.62. The van der Waals surface area contributed by atoms with Crippen LogP contribution in [0.4, 0.5) is 0 Å². The van der Waals surface area contributed by atoms with Crippen molar-refractivity contribution in [1.29, 1.82) is 0 Å². The van der Waals surface area contributed by atoms with Crippen LogP contribution in [-0.4, -0.2) is 30.5 Å². The van der Waals surface area contributed by atoms with Crippen molar-refractivity contribution in [3.8, 4) is 11.5 Å². The van der Waals surface area contributed by atoms with E-state index in [1.807, 2.05) is 25.1 Å². The zero-order valence-corrected chi connectivity index (χ0v) is 11.0. The molecule has 0 radical (unpaired) electrons. The molecule has 2 rings (SSSR count). The average Bonchev–Trinajstić information content (AvgIpc) is 2.35. The van der Waals surface area contributed by atoms with Crippen LogP contribution in [0.15, 0.2) is 18.2 Å². The Balaban J connectivity index is 1.90. The van der Waals surface area contributed by atoms with E-state index >= 15 is 0 Å². The van der Waals surface area contributed by atoms with Crippen molar-refractivity contribution in [3.63, 3.8) is 0 Å². The second-order valence-electron chi connectivity index (χ2n) is 4.84. The lowest BCUT2D eigenvalue weighted by Crippen LogP contribution is -2.28. The summed E-state index contributed by atoms with van der Waals surface area (Å²) in [6.45, 7) is 5.88. The van der Waals surface area contributed by atoms with Crippen molar-refractivity contribution in [2.45, 2.75) is 39.0 Å². The number of hydrogen-bond acceptors (Lipinski definition) is 4. The zero-order valence-electron chi connectivity index (χ0n) is 11.0. The van der Waals surface area contributed by atoms with Crippen LogP contribution in [0.2, 0.25) is 0 Å². The summed E-state index contributed by atoms with van der Waals surface area (Å²) in [4.78, 5) is 0. The molecule has 0 bridgehead atoms. The number of nitrogens with one attached hydrogen (secondary N) is 1. The Labute approximate surface area is 108 Å². The molecule has 1 aliphatic rings. The molecular formula is C14H21NO3. The number of ether oxygens (including phenoxy) is 2. The fraction of sp³-hybridized carbons (Fsp3) is 0.571. The molecule has 1 aliphatic heterocycles. The van der Waals surface area contributed by atoms with Gasteiger partial charge in [0.25, 0.3) is 0 Å². The van der Waals surface area contributed by atoms with Crippen LogP contribution < -0.4 is 14.8 Å². The first kappa shape index (κ1) is 13.2. The summed E-state index contributed by atoms with van der Waals surface area (Å²) >= 11 is 0. The van der Waals surface area contributed by atoms with Gasteiger partial charge in [0.05, 0.1) is 6.10 Å². The summed E-state index contributed by atoms with van der Waals surface area (Å²) in [5, 5.41) is 12.7. The molecule has 0 saturated carbocycles. The molecule has 0 amide bonds. The second-order valence-corrected chi connectivity index (χ2v) is 4.84. The highest BCUT2D eigenvalue weighted by atomic mass is 16.6. The Morgan fingerprint density at radius 3 is 2.67 bits per heavy atom. The molecule has 0 fully saturated rings. The third-order valence-electron chi connectivity index (χ3n) is 2.96. The summed E-state index contributed by atoms with van der Waals surface area (Å²) in [5.41, 5.74) is 1.16. The number of aliphatic hydroxyl groups excluding tert-OH is 1. The van der Waals surface area contributed by atoms with Crippen molar-refractivity contribution >= 4 is 0 Å². The maximum atomic E-state index is 9.30. The van der Waals surface area contributed by atoms with Crippen LogP contribution in [0, 0.1) is 0 Å². The van der Waals surface area contributed by atoms with E-state index < -0.39 is 0 Å². The van der Waals surface area contributed by atoms with Crippen LogP contribution in [-0.2, 0) is 6.54 Å². The van der Waals surface area contributed by atoms with Gasteiger partial charge in [-0.2, -0.15) is 0 Å². The smallest absolute Gasteiger partial charge is 0.161 e. The molecule has 2 atom stereocenters. The molecule has 1 aromatic rings. The van der Waals surface area contributed by atoms with Crippen LogP contribution in [0.3, 0.4) is 0 Å². The maximum Gasteiger partial charge on any atom is 0.161 e. The van der Waals surface area contributed by atoms with Crippen LogP contribution in [0.1, 0.15) is 25.8 Å². The van der Waals surface area contributed by atoms with Crippen molar-refractivity contribution in [1.82, 2.24) is 5.32 Å². The Kier molecular flexibility index (Phi) is 4.44. The minimum Gasteiger partial charge on any atom is -0.486 e. The second kappa shape index (κ2) is 6.07. The number of fused-ring (bicyclic) bond motifs is 1. The average molecular weight is 251 g/mol. The first-order chi connectivity index (χ1) is 8.65. The normalized spacial score (nSPS) is 17.3. The van der Waals surface area contributed by atoms with Gasteiger partial charge < -0.3 is 19.9 Å². The number of rotatable bonds is 5.